The molecule has 1 aromatic rings. The van der Waals surface area contributed by atoms with Crippen LogP contribution in [0.15, 0.2) is 0 Å². The zero-order valence-electron chi connectivity index (χ0n) is 13.5. The van der Waals surface area contributed by atoms with E-state index in [0.29, 0.717) is 11.3 Å². The predicted molar refractivity (Wildman–Crippen MR) is 93.8 cm³/mol. The minimum absolute atomic E-state index is 0.564. The Morgan fingerprint density at radius 1 is 1.43 bits per heavy atom. The van der Waals surface area contributed by atoms with Crippen LogP contribution in [0.5, 0.6) is 0 Å². The van der Waals surface area contributed by atoms with Crippen LogP contribution in [-0.4, -0.2) is 48.8 Å². The Hall–Kier alpha value is -0.300. The fourth-order valence-electron chi connectivity index (χ4n) is 2.49. The van der Waals surface area contributed by atoms with Crippen LogP contribution in [0.1, 0.15) is 31.3 Å². The van der Waals surface area contributed by atoms with Crippen molar-refractivity contribution in [2.45, 2.75) is 45.0 Å². The highest BCUT2D eigenvalue weighted by Crippen LogP contribution is 2.33. The molecule has 0 aromatic carbocycles. The van der Waals surface area contributed by atoms with Gasteiger partial charge >= 0.3 is 0 Å². The highest BCUT2D eigenvalue weighted by atomic mass is 32.2. The Kier molecular flexibility index (Phi) is 6.79. The van der Waals surface area contributed by atoms with Crippen molar-refractivity contribution < 1.29 is 4.74 Å². The van der Waals surface area contributed by atoms with Gasteiger partial charge in [0.2, 0.25) is 0 Å². The van der Waals surface area contributed by atoms with Crippen LogP contribution in [-0.2, 0) is 17.7 Å². The molecule has 0 radical (unpaired) electrons. The number of hydrogen-bond acceptors (Lipinski definition) is 6. The lowest BCUT2D eigenvalue weighted by Crippen LogP contribution is -2.44. The van der Waals surface area contributed by atoms with Crippen molar-refractivity contribution in [2.75, 3.05) is 37.5 Å². The average Bonchev–Trinajstić information content (AvgIpc) is 2.89. The molecule has 1 aromatic heterocycles. The molecule has 4 nitrogen and oxygen atoms in total. The molecule has 0 aliphatic carbocycles. The molecule has 0 spiro atoms. The van der Waals surface area contributed by atoms with Crippen LogP contribution < -0.4 is 10.2 Å². The fourth-order valence-corrected chi connectivity index (χ4v) is 4.82. The summed E-state index contributed by atoms with van der Waals surface area (Å²) in [5, 5.41) is 5.32. The Balaban J connectivity index is 2.05. The maximum Gasteiger partial charge on any atom is 0.186 e. The van der Waals surface area contributed by atoms with Crippen molar-refractivity contribution in [3.8, 4) is 0 Å². The quantitative estimate of drug-likeness (QED) is 0.779. The number of methoxy groups -OCH3 is 1. The van der Waals surface area contributed by atoms with Gasteiger partial charge in [0.05, 0.1) is 12.3 Å². The van der Waals surface area contributed by atoms with E-state index in [1.165, 1.54) is 21.5 Å². The molecule has 0 bridgehead atoms. The van der Waals surface area contributed by atoms with Crippen LogP contribution in [0.2, 0.25) is 0 Å². The van der Waals surface area contributed by atoms with Crippen LogP contribution in [0.4, 0.5) is 5.13 Å². The van der Waals surface area contributed by atoms with Gasteiger partial charge in [0.25, 0.3) is 0 Å². The molecule has 1 fully saturated rings. The fraction of sp³-hybridized carbons (Fsp3) is 0.800. The molecule has 6 heteroatoms. The first-order valence-electron chi connectivity index (χ1n) is 7.73. The molecule has 0 saturated carbocycles. The molecule has 21 heavy (non-hydrogen) atoms. The standard InChI is InChI=1S/C15H27N3OS2/c1-5-13-14(10-16-6-8-19-4)21-15(17-13)18-7-9-20-12(3)11(18)2/h11-12,16H,5-10H2,1-4H3. The number of aryl methyl sites for hydroxylation is 1. The second kappa shape index (κ2) is 8.36. The van der Waals surface area contributed by atoms with Crippen molar-refractivity contribution in [1.82, 2.24) is 10.3 Å². The summed E-state index contributed by atoms with van der Waals surface area (Å²) < 4.78 is 5.08. The van der Waals surface area contributed by atoms with E-state index >= 15 is 0 Å². The van der Waals surface area contributed by atoms with Gasteiger partial charge in [-0.05, 0) is 13.3 Å². The molecule has 2 heterocycles. The summed E-state index contributed by atoms with van der Waals surface area (Å²) in [6.45, 7) is 10.5. The summed E-state index contributed by atoms with van der Waals surface area (Å²) in [5.74, 6) is 1.20. The summed E-state index contributed by atoms with van der Waals surface area (Å²) in [6, 6.07) is 0.564. The Bertz CT molecular complexity index is 439. The largest absolute Gasteiger partial charge is 0.383 e. The molecular weight excluding hydrogens is 302 g/mol. The predicted octanol–water partition coefficient (Wildman–Crippen LogP) is 2.77. The second-order valence-corrected chi connectivity index (χ2v) is 7.95. The number of ether oxygens (including phenoxy) is 1. The lowest BCUT2D eigenvalue weighted by molar-refractivity contribution is 0.199. The van der Waals surface area contributed by atoms with Gasteiger partial charge < -0.3 is 15.0 Å². The number of nitrogens with zero attached hydrogens (tertiary/aromatic N) is 2. The maximum absolute atomic E-state index is 5.08. The third kappa shape index (κ3) is 4.34. The molecule has 1 saturated heterocycles. The van der Waals surface area contributed by atoms with Gasteiger partial charge in [0.1, 0.15) is 0 Å². The van der Waals surface area contributed by atoms with Crippen molar-refractivity contribution in [2.24, 2.45) is 0 Å². The third-order valence-electron chi connectivity index (χ3n) is 4.00. The number of thiazole rings is 1. The Labute approximate surface area is 136 Å². The van der Waals surface area contributed by atoms with Gasteiger partial charge in [0.15, 0.2) is 5.13 Å². The van der Waals surface area contributed by atoms with E-state index in [4.69, 9.17) is 9.72 Å². The summed E-state index contributed by atoms with van der Waals surface area (Å²) in [7, 11) is 1.74. The molecule has 2 unspecified atom stereocenters. The summed E-state index contributed by atoms with van der Waals surface area (Å²) >= 11 is 3.93. The SMILES string of the molecule is CCc1nc(N2CCSC(C)C2C)sc1CNCCOC. The van der Waals surface area contributed by atoms with Crippen molar-refractivity contribution in [3.63, 3.8) is 0 Å². The van der Waals surface area contributed by atoms with Gasteiger partial charge in [0, 0.05) is 48.7 Å². The monoisotopic (exact) mass is 329 g/mol. The maximum atomic E-state index is 5.08. The van der Waals surface area contributed by atoms with Gasteiger partial charge in [-0.25, -0.2) is 4.98 Å². The Morgan fingerprint density at radius 3 is 2.95 bits per heavy atom. The number of hydrogen-bond donors (Lipinski definition) is 1. The normalized spacial score (nSPS) is 22.8. The van der Waals surface area contributed by atoms with E-state index in [0.717, 1.165) is 32.7 Å². The van der Waals surface area contributed by atoms with E-state index in [2.05, 4.69) is 42.7 Å². The molecule has 1 aliphatic heterocycles. The summed E-state index contributed by atoms with van der Waals surface area (Å²) in [4.78, 5) is 8.77. The minimum atomic E-state index is 0.564. The van der Waals surface area contributed by atoms with Crippen LogP contribution in [0.3, 0.4) is 0 Å². The molecule has 120 valence electrons. The van der Waals surface area contributed by atoms with E-state index in [-0.39, 0.29) is 0 Å². The number of anilines is 1. The summed E-state index contributed by atoms with van der Waals surface area (Å²) in [5.41, 5.74) is 1.25. The van der Waals surface area contributed by atoms with Gasteiger partial charge in [-0.2, -0.15) is 11.8 Å². The third-order valence-corrected chi connectivity index (χ3v) is 6.47. The topological polar surface area (TPSA) is 37.4 Å². The van der Waals surface area contributed by atoms with Crippen LogP contribution in [0.25, 0.3) is 0 Å². The van der Waals surface area contributed by atoms with Crippen molar-refractivity contribution >= 4 is 28.2 Å². The van der Waals surface area contributed by atoms with E-state index < -0.39 is 0 Å². The minimum Gasteiger partial charge on any atom is -0.383 e. The number of thioether (sulfide) groups is 1. The van der Waals surface area contributed by atoms with E-state index in [1.807, 2.05) is 11.3 Å². The lowest BCUT2D eigenvalue weighted by Gasteiger charge is -2.37. The zero-order valence-corrected chi connectivity index (χ0v) is 15.1. The highest BCUT2D eigenvalue weighted by molar-refractivity contribution is 8.00. The molecule has 1 N–H and O–H groups in total. The van der Waals surface area contributed by atoms with Crippen molar-refractivity contribution in [3.05, 3.63) is 10.6 Å². The van der Waals surface area contributed by atoms with Gasteiger partial charge in [-0.3, -0.25) is 0 Å². The number of aromatic nitrogens is 1. The first-order valence-corrected chi connectivity index (χ1v) is 9.60. The lowest BCUT2D eigenvalue weighted by atomic mass is 10.2. The van der Waals surface area contributed by atoms with Gasteiger partial charge in [-0.15, -0.1) is 11.3 Å². The molecular formula is C15H27N3OS2. The van der Waals surface area contributed by atoms with Crippen LogP contribution >= 0.6 is 23.1 Å². The Morgan fingerprint density at radius 2 is 2.24 bits per heavy atom. The van der Waals surface area contributed by atoms with Crippen molar-refractivity contribution in [1.29, 1.82) is 0 Å². The highest BCUT2D eigenvalue weighted by Gasteiger charge is 2.27. The first-order chi connectivity index (χ1) is 10.2. The van der Waals surface area contributed by atoms with Crippen LogP contribution in [0, 0.1) is 0 Å². The smallest absolute Gasteiger partial charge is 0.186 e. The second-order valence-electron chi connectivity index (χ2n) is 5.40. The molecule has 2 atom stereocenters. The number of nitrogens with one attached hydrogen (secondary N) is 1. The van der Waals surface area contributed by atoms with E-state index in [1.54, 1.807) is 7.11 Å². The average molecular weight is 330 g/mol. The number of rotatable bonds is 7. The molecule has 0 amide bonds. The zero-order chi connectivity index (χ0) is 15.2. The van der Waals surface area contributed by atoms with E-state index in [9.17, 15) is 0 Å². The molecule has 2 rings (SSSR count). The molecule has 1 aliphatic rings. The summed E-state index contributed by atoms with van der Waals surface area (Å²) in [6.07, 6.45) is 1.00. The first kappa shape index (κ1) is 17.1. The van der Waals surface area contributed by atoms with Gasteiger partial charge in [-0.1, -0.05) is 13.8 Å².